The number of hydrogen-bond acceptors (Lipinski definition) is 3. The zero-order chi connectivity index (χ0) is 12.3. The van der Waals surface area contributed by atoms with Gasteiger partial charge in [0, 0.05) is 28.7 Å². The summed E-state index contributed by atoms with van der Waals surface area (Å²) in [5.74, 6) is 0.224. The molecule has 2 rings (SSSR count). The molecule has 1 heterocycles. The molecule has 3 heteroatoms. The lowest BCUT2D eigenvalue weighted by Gasteiger charge is -2.36. The van der Waals surface area contributed by atoms with Crippen molar-refractivity contribution in [3.63, 3.8) is 0 Å². The molecular weight excluding hydrogens is 228 g/mol. The fourth-order valence-corrected chi connectivity index (χ4v) is 2.98. The highest BCUT2D eigenvalue weighted by atomic mass is 32.1. The molecule has 0 saturated heterocycles. The van der Waals surface area contributed by atoms with E-state index in [1.165, 1.54) is 24.8 Å². The highest BCUT2D eigenvalue weighted by Crippen LogP contribution is 2.32. The van der Waals surface area contributed by atoms with Gasteiger partial charge in [-0.1, -0.05) is 44.5 Å². The van der Waals surface area contributed by atoms with Crippen LogP contribution in [0.3, 0.4) is 0 Å². The molecule has 1 aromatic heterocycles. The predicted octanol–water partition coefficient (Wildman–Crippen LogP) is 3.22. The van der Waals surface area contributed by atoms with Crippen molar-refractivity contribution < 1.29 is 0 Å². The van der Waals surface area contributed by atoms with Gasteiger partial charge in [0.2, 0.25) is 0 Å². The fraction of sp³-hybridized carbons (Fsp3) is 0.571. The summed E-state index contributed by atoms with van der Waals surface area (Å²) in [7, 11) is 0. The summed E-state index contributed by atoms with van der Waals surface area (Å²) >= 11 is 5.64. The van der Waals surface area contributed by atoms with E-state index in [1.807, 2.05) is 12.3 Å². The molecule has 2 N–H and O–H groups in total. The molecule has 0 radical (unpaired) electrons. The average molecular weight is 248 g/mol. The van der Waals surface area contributed by atoms with Gasteiger partial charge in [-0.05, 0) is 24.5 Å². The van der Waals surface area contributed by atoms with Crippen molar-refractivity contribution in [2.24, 2.45) is 5.73 Å². The van der Waals surface area contributed by atoms with Crippen LogP contribution in [0.25, 0.3) is 0 Å². The zero-order valence-corrected chi connectivity index (χ0v) is 11.2. The first-order valence-corrected chi connectivity index (χ1v) is 6.77. The summed E-state index contributed by atoms with van der Waals surface area (Å²) in [5, 5.41) is 0. The van der Waals surface area contributed by atoms with E-state index in [-0.39, 0.29) is 11.5 Å². The van der Waals surface area contributed by atoms with Gasteiger partial charge < -0.3 is 5.73 Å². The van der Waals surface area contributed by atoms with Gasteiger partial charge in [-0.15, -0.1) is 0 Å². The molecule has 1 unspecified atom stereocenters. The van der Waals surface area contributed by atoms with Crippen molar-refractivity contribution in [2.45, 2.75) is 50.5 Å². The summed E-state index contributed by atoms with van der Waals surface area (Å²) in [4.78, 5) is 5.16. The van der Waals surface area contributed by atoms with Crippen LogP contribution in [0, 0.1) is 0 Å². The van der Waals surface area contributed by atoms with Gasteiger partial charge in [0.25, 0.3) is 0 Å². The number of nitrogens with two attached hydrogens (primary N) is 1. The summed E-state index contributed by atoms with van der Waals surface area (Å²) in [5.41, 5.74) is 7.42. The van der Waals surface area contributed by atoms with Crippen LogP contribution < -0.4 is 5.73 Å². The minimum Gasteiger partial charge on any atom is -0.321 e. The van der Waals surface area contributed by atoms with Gasteiger partial charge in [-0.25, -0.2) is 0 Å². The molecular formula is C14H20N2S. The van der Waals surface area contributed by atoms with E-state index >= 15 is 0 Å². The Balaban J connectivity index is 2.14. The maximum absolute atomic E-state index is 6.48. The van der Waals surface area contributed by atoms with Gasteiger partial charge in [0.15, 0.2) is 0 Å². The molecule has 0 spiro atoms. The second-order valence-electron chi connectivity index (χ2n) is 5.09. The third-order valence-electron chi connectivity index (χ3n) is 3.81. The Kier molecular flexibility index (Phi) is 3.89. The first-order chi connectivity index (χ1) is 8.13. The Labute approximate surface area is 109 Å². The third kappa shape index (κ3) is 2.72. The molecule has 0 aromatic carbocycles. The average Bonchev–Trinajstić information content (AvgIpc) is 2.39. The van der Waals surface area contributed by atoms with Crippen LogP contribution in [0.4, 0.5) is 0 Å². The summed E-state index contributed by atoms with van der Waals surface area (Å²) in [6, 6.07) is 4.04. The van der Waals surface area contributed by atoms with Crippen molar-refractivity contribution in [1.29, 1.82) is 0 Å². The van der Waals surface area contributed by atoms with Gasteiger partial charge in [0.1, 0.15) is 0 Å². The molecule has 1 aliphatic carbocycles. The van der Waals surface area contributed by atoms with Crippen LogP contribution in [0.1, 0.15) is 50.5 Å². The number of nitrogens with zero attached hydrogens (tertiary/aromatic N) is 1. The summed E-state index contributed by atoms with van der Waals surface area (Å²) in [6.07, 6.45) is 9.46. The van der Waals surface area contributed by atoms with Crippen molar-refractivity contribution in [1.82, 2.24) is 4.98 Å². The molecule has 1 saturated carbocycles. The lowest BCUT2D eigenvalue weighted by molar-refractivity contribution is 0.379. The van der Waals surface area contributed by atoms with E-state index < -0.39 is 0 Å². The first kappa shape index (κ1) is 12.7. The van der Waals surface area contributed by atoms with Crippen LogP contribution in [-0.2, 0) is 0 Å². The molecule has 0 aliphatic heterocycles. The minimum atomic E-state index is -0.233. The quantitative estimate of drug-likeness (QED) is 0.835. The Morgan fingerprint density at radius 1 is 1.41 bits per heavy atom. The number of aromatic nitrogens is 1. The van der Waals surface area contributed by atoms with Crippen LogP contribution in [-0.4, -0.2) is 15.4 Å². The summed E-state index contributed by atoms with van der Waals surface area (Å²) < 4.78 is 0. The number of hydrogen-bond donors (Lipinski definition) is 1. The first-order valence-electron chi connectivity index (χ1n) is 6.37. The largest absolute Gasteiger partial charge is 0.321 e. The fourth-order valence-electron chi connectivity index (χ4n) is 2.64. The van der Waals surface area contributed by atoms with E-state index in [0.717, 1.165) is 17.7 Å². The molecule has 0 amide bonds. The number of pyridine rings is 1. The Bertz CT molecular complexity index is 382. The smallest absolute Gasteiger partial charge is 0.0479 e. The van der Waals surface area contributed by atoms with Gasteiger partial charge in [-0.3, -0.25) is 4.98 Å². The van der Waals surface area contributed by atoms with Crippen molar-refractivity contribution in [2.75, 3.05) is 0 Å². The number of rotatable bonds is 3. The maximum Gasteiger partial charge on any atom is 0.0479 e. The van der Waals surface area contributed by atoms with Gasteiger partial charge in [0.05, 0.1) is 0 Å². The molecule has 1 aliphatic rings. The lowest BCUT2D eigenvalue weighted by atomic mass is 9.75. The normalized spacial score (nSPS) is 20.8. The lowest BCUT2D eigenvalue weighted by Crippen LogP contribution is -2.50. The van der Waals surface area contributed by atoms with Crippen molar-refractivity contribution >= 4 is 17.1 Å². The van der Waals surface area contributed by atoms with Gasteiger partial charge in [-0.2, -0.15) is 0 Å². The van der Waals surface area contributed by atoms with Crippen LogP contribution in [0.2, 0.25) is 0 Å². The Hall–Kier alpha value is -0.800. The van der Waals surface area contributed by atoms with Crippen molar-refractivity contribution in [3.8, 4) is 0 Å². The molecule has 2 nitrogen and oxygen atoms in total. The highest BCUT2D eigenvalue weighted by molar-refractivity contribution is 7.80. The maximum atomic E-state index is 6.48. The van der Waals surface area contributed by atoms with E-state index in [1.54, 1.807) is 6.20 Å². The highest BCUT2D eigenvalue weighted by Gasteiger charge is 2.34. The molecule has 1 aromatic rings. The third-order valence-corrected chi connectivity index (χ3v) is 4.57. The van der Waals surface area contributed by atoms with Crippen LogP contribution >= 0.6 is 12.2 Å². The van der Waals surface area contributed by atoms with Gasteiger partial charge >= 0.3 is 0 Å². The standard InChI is InChI=1S/C14H20N2S/c1-11(12-6-5-9-16-10-12)13(17)14(15)7-3-2-4-8-14/h5-6,9-11H,2-4,7-8,15H2,1H3. The van der Waals surface area contributed by atoms with E-state index in [2.05, 4.69) is 18.0 Å². The van der Waals surface area contributed by atoms with Crippen LogP contribution in [0.5, 0.6) is 0 Å². The molecule has 17 heavy (non-hydrogen) atoms. The van der Waals surface area contributed by atoms with E-state index in [0.29, 0.717) is 0 Å². The molecule has 1 atom stereocenters. The molecule has 1 fully saturated rings. The topological polar surface area (TPSA) is 38.9 Å². The number of thiocarbonyl (C=S) groups is 1. The zero-order valence-electron chi connectivity index (χ0n) is 10.4. The Morgan fingerprint density at radius 2 is 2.12 bits per heavy atom. The van der Waals surface area contributed by atoms with Crippen LogP contribution in [0.15, 0.2) is 24.5 Å². The second-order valence-corrected chi connectivity index (χ2v) is 5.53. The minimum absolute atomic E-state index is 0.224. The Morgan fingerprint density at radius 3 is 2.71 bits per heavy atom. The SMILES string of the molecule is CC(C(=S)C1(N)CCCCC1)c1cccnc1. The molecule has 0 bridgehead atoms. The van der Waals surface area contributed by atoms with E-state index in [9.17, 15) is 0 Å². The monoisotopic (exact) mass is 248 g/mol. The molecule has 92 valence electrons. The van der Waals surface area contributed by atoms with Crippen molar-refractivity contribution in [3.05, 3.63) is 30.1 Å². The van der Waals surface area contributed by atoms with E-state index in [4.69, 9.17) is 18.0 Å². The second kappa shape index (κ2) is 5.23. The predicted molar refractivity (Wildman–Crippen MR) is 75.3 cm³/mol. The summed E-state index contributed by atoms with van der Waals surface area (Å²) in [6.45, 7) is 2.14.